The summed E-state index contributed by atoms with van der Waals surface area (Å²) in [5.74, 6) is 1.72. The molecule has 7 nitrogen and oxygen atoms in total. The summed E-state index contributed by atoms with van der Waals surface area (Å²) >= 11 is 0. The second-order valence-corrected chi connectivity index (χ2v) is 20.3. The molecule has 0 atom stereocenters. The van der Waals surface area contributed by atoms with Crippen molar-refractivity contribution in [3.63, 3.8) is 0 Å². The Bertz CT molecular complexity index is 5200. The molecule has 0 aliphatic heterocycles. The summed E-state index contributed by atoms with van der Waals surface area (Å²) < 4.78 is 9.57. The average molecular weight is 986 g/mol. The molecule has 5 heterocycles. The predicted octanol–water partition coefficient (Wildman–Crippen LogP) is 15.7. The second-order valence-electron chi connectivity index (χ2n) is 20.3. The molecule has 15 aromatic rings. The van der Waals surface area contributed by atoms with E-state index in [4.69, 9.17) is 15.0 Å². The van der Waals surface area contributed by atoms with Gasteiger partial charge >= 0.3 is 0 Å². The number of hydrogen-bond acceptors (Lipinski definition) is 3. The van der Waals surface area contributed by atoms with Crippen molar-refractivity contribution in [3.8, 4) is 23.3 Å². The van der Waals surface area contributed by atoms with Gasteiger partial charge in [0.1, 0.15) is 0 Å². The van der Waals surface area contributed by atoms with E-state index in [2.05, 4.69) is 250 Å². The fourth-order valence-electron chi connectivity index (χ4n) is 13.0. The Hall–Kier alpha value is -10.1. The van der Waals surface area contributed by atoms with E-state index < -0.39 is 0 Å². The third kappa shape index (κ3) is 6.22. The number of rotatable bonds is 7. The van der Waals surface area contributed by atoms with Crippen LogP contribution in [0.1, 0.15) is 29.9 Å². The molecule has 0 fully saturated rings. The van der Waals surface area contributed by atoms with E-state index in [9.17, 15) is 0 Å². The minimum Gasteiger partial charge on any atom is -0.307 e. The molecule has 7 heteroatoms. The van der Waals surface area contributed by atoms with Gasteiger partial charge in [-0.25, -0.2) is 0 Å². The number of allylic oxidation sites excluding steroid dienone is 2. The minimum atomic E-state index is 0.529. The highest BCUT2D eigenvalue weighted by atomic mass is 15.3. The number of benzene rings is 10. The van der Waals surface area contributed by atoms with E-state index in [1.54, 1.807) is 0 Å². The molecule has 0 bridgehead atoms. The maximum absolute atomic E-state index is 5.86. The fourth-order valence-corrected chi connectivity index (χ4v) is 13.0. The SMILES string of the molecule is C=C/C=C\c1c(C)c2ccc3c4ccccc4n(-c4cccc5ccccc45)c3c2n1-c1nc(C2=c3ccccc3=CCC2)nc(-n2c3ccccc3c3ccc4c5ccccc5n(-c5cccc6ccccc56)c4c32)n1. The molecular formula is C70H47N7. The van der Waals surface area contributed by atoms with E-state index in [1.165, 1.54) is 37.5 Å². The lowest BCUT2D eigenvalue weighted by Gasteiger charge is -2.17. The molecule has 0 saturated heterocycles. The fraction of sp³-hybridized carbons (Fsp3) is 0.0429. The number of aromatic nitrogens is 7. The van der Waals surface area contributed by atoms with Gasteiger partial charge in [-0.15, -0.1) is 0 Å². The average Bonchev–Trinajstić information content (AvgIpc) is 4.31. The summed E-state index contributed by atoms with van der Waals surface area (Å²) in [6.07, 6.45) is 10.0. The molecule has 77 heavy (non-hydrogen) atoms. The molecule has 1 aliphatic carbocycles. The van der Waals surface area contributed by atoms with Crippen LogP contribution in [0, 0.1) is 6.92 Å². The van der Waals surface area contributed by atoms with Crippen LogP contribution in [0.15, 0.2) is 225 Å². The predicted molar refractivity (Wildman–Crippen MR) is 321 cm³/mol. The van der Waals surface area contributed by atoms with Crippen LogP contribution in [0.25, 0.3) is 139 Å². The van der Waals surface area contributed by atoms with Crippen molar-refractivity contribution in [3.05, 3.63) is 253 Å². The van der Waals surface area contributed by atoms with Crippen molar-refractivity contribution in [2.45, 2.75) is 19.8 Å². The first-order valence-electron chi connectivity index (χ1n) is 26.5. The van der Waals surface area contributed by atoms with Crippen LogP contribution in [0.5, 0.6) is 0 Å². The normalized spacial score (nSPS) is 13.0. The van der Waals surface area contributed by atoms with Crippen LogP contribution in [-0.4, -0.2) is 33.2 Å². The summed E-state index contributed by atoms with van der Waals surface area (Å²) in [6.45, 7) is 6.38. The maximum atomic E-state index is 5.86. The number of para-hydroxylation sites is 3. The van der Waals surface area contributed by atoms with Gasteiger partial charge in [0, 0.05) is 54.0 Å². The molecule has 5 aromatic heterocycles. The van der Waals surface area contributed by atoms with Gasteiger partial charge in [-0.1, -0.05) is 201 Å². The van der Waals surface area contributed by atoms with Crippen molar-refractivity contribution >= 4 is 116 Å². The van der Waals surface area contributed by atoms with Crippen LogP contribution in [0.4, 0.5) is 0 Å². The van der Waals surface area contributed by atoms with E-state index in [-0.39, 0.29) is 0 Å². The van der Waals surface area contributed by atoms with Gasteiger partial charge in [-0.05, 0) is 82.9 Å². The van der Waals surface area contributed by atoms with Crippen LogP contribution >= 0.6 is 0 Å². The number of hydrogen-bond donors (Lipinski definition) is 0. The summed E-state index contributed by atoms with van der Waals surface area (Å²) in [5, 5.41) is 15.0. The van der Waals surface area contributed by atoms with E-state index >= 15 is 0 Å². The Morgan fingerprint density at radius 1 is 0.416 bits per heavy atom. The van der Waals surface area contributed by atoms with Gasteiger partial charge in [0.05, 0.1) is 55.7 Å². The first kappa shape index (κ1) is 43.3. The summed E-state index contributed by atoms with van der Waals surface area (Å²) in [5.41, 5.74) is 12.9. The zero-order valence-corrected chi connectivity index (χ0v) is 42.2. The molecule has 10 aromatic carbocycles. The Morgan fingerprint density at radius 3 is 1.45 bits per heavy atom. The number of nitrogens with zero attached hydrogens (tertiary/aromatic N) is 7. The first-order valence-corrected chi connectivity index (χ1v) is 26.5. The second kappa shape index (κ2) is 16.7. The van der Waals surface area contributed by atoms with Gasteiger partial charge in [0.15, 0.2) is 5.82 Å². The molecule has 0 saturated carbocycles. The van der Waals surface area contributed by atoms with E-state index in [0.717, 1.165) is 112 Å². The molecule has 1 aliphatic rings. The van der Waals surface area contributed by atoms with Crippen molar-refractivity contribution in [1.82, 2.24) is 33.2 Å². The van der Waals surface area contributed by atoms with Crippen LogP contribution in [0.2, 0.25) is 0 Å². The molecule has 0 spiro atoms. The third-order valence-corrected chi connectivity index (χ3v) is 16.3. The summed E-state index contributed by atoms with van der Waals surface area (Å²) in [7, 11) is 0. The molecule has 0 unspecified atom stereocenters. The minimum absolute atomic E-state index is 0.529. The monoisotopic (exact) mass is 985 g/mol. The van der Waals surface area contributed by atoms with Gasteiger partial charge in [0.25, 0.3) is 0 Å². The van der Waals surface area contributed by atoms with E-state index in [1.807, 2.05) is 12.2 Å². The van der Waals surface area contributed by atoms with Crippen molar-refractivity contribution in [2.24, 2.45) is 0 Å². The lowest BCUT2D eigenvalue weighted by Crippen LogP contribution is -2.30. The first-order chi connectivity index (χ1) is 38.1. The van der Waals surface area contributed by atoms with Crippen molar-refractivity contribution in [2.75, 3.05) is 0 Å². The summed E-state index contributed by atoms with van der Waals surface area (Å²) in [6, 6.07) is 74.8. The molecule has 0 N–H and O–H groups in total. The Balaban J connectivity index is 1.10. The zero-order valence-electron chi connectivity index (χ0n) is 42.2. The molecule has 0 radical (unpaired) electrons. The topological polar surface area (TPSA) is 58.4 Å². The molecule has 16 rings (SSSR count). The lowest BCUT2D eigenvalue weighted by molar-refractivity contribution is 0.850. The van der Waals surface area contributed by atoms with Crippen LogP contribution in [0.3, 0.4) is 0 Å². The number of fused-ring (bicyclic) bond motifs is 15. The number of aryl methyl sites for hydroxylation is 1. The Kier molecular flexibility index (Phi) is 9.39. The van der Waals surface area contributed by atoms with Gasteiger partial charge in [-0.2, -0.15) is 15.0 Å². The standard InChI is InChI=1S/C70H47N7/c1-3-4-33-58-43(2)47-39-40-54-51-29-11-14-34-61(51)74(59-37-18-24-45-21-6-9-27-49(45)59)65(54)64(47)76(58)69-71-68(57-32-17-23-44-20-5-8-26-48(44)57)72-70(73-69)77-63-36-16-13-31-53(63)56-42-41-55-52-30-12-15-35-62(52)75(66(55)67(56)77)60-38-19-25-46-22-7-10-28-50(46)60/h3-16,18-31,33-42H,1,17,32H2,2H3/b33-4-. The van der Waals surface area contributed by atoms with E-state index in [0.29, 0.717) is 17.7 Å². The van der Waals surface area contributed by atoms with Gasteiger partial charge < -0.3 is 9.13 Å². The zero-order chi connectivity index (χ0) is 50.9. The van der Waals surface area contributed by atoms with Crippen molar-refractivity contribution in [1.29, 1.82) is 0 Å². The largest absolute Gasteiger partial charge is 0.307 e. The quantitative estimate of drug-likeness (QED) is 0.150. The van der Waals surface area contributed by atoms with Gasteiger partial charge in [-0.3, -0.25) is 9.13 Å². The van der Waals surface area contributed by atoms with Crippen LogP contribution < -0.4 is 10.4 Å². The highest BCUT2D eigenvalue weighted by Crippen LogP contribution is 2.45. The Morgan fingerprint density at radius 2 is 0.870 bits per heavy atom. The lowest BCUT2D eigenvalue weighted by atomic mass is 9.99. The molecule has 362 valence electrons. The Labute approximate surface area is 442 Å². The van der Waals surface area contributed by atoms with Crippen LogP contribution in [-0.2, 0) is 0 Å². The molecular weight excluding hydrogens is 939 g/mol. The van der Waals surface area contributed by atoms with Crippen molar-refractivity contribution < 1.29 is 0 Å². The molecule has 0 amide bonds. The maximum Gasteiger partial charge on any atom is 0.240 e. The highest BCUT2D eigenvalue weighted by Gasteiger charge is 2.28. The third-order valence-electron chi connectivity index (χ3n) is 16.3. The highest BCUT2D eigenvalue weighted by molar-refractivity contribution is 6.24. The summed E-state index contributed by atoms with van der Waals surface area (Å²) in [4.78, 5) is 17.3. The smallest absolute Gasteiger partial charge is 0.240 e. The van der Waals surface area contributed by atoms with Gasteiger partial charge in [0.2, 0.25) is 11.9 Å².